The summed E-state index contributed by atoms with van der Waals surface area (Å²) < 4.78 is 12.1. The summed E-state index contributed by atoms with van der Waals surface area (Å²) in [5.74, 6) is -2.15. The van der Waals surface area contributed by atoms with Gasteiger partial charge in [-0.3, -0.25) is 14.5 Å². The zero-order chi connectivity index (χ0) is 46.3. The second-order valence-corrected chi connectivity index (χ2v) is 19.1. The molecule has 0 bridgehead atoms. The van der Waals surface area contributed by atoms with Crippen LogP contribution in [0.3, 0.4) is 0 Å². The molecule has 2 aliphatic rings. The van der Waals surface area contributed by atoms with Crippen LogP contribution in [0, 0.1) is 0 Å². The fourth-order valence-corrected chi connectivity index (χ4v) is 10.9. The maximum Gasteiger partial charge on any atom is 0.356 e. The van der Waals surface area contributed by atoms with Gasteiger partial charge in [0.05, 0.1) is 0 Å². The third-order valence-corrected chi connectivity index (χ3v) is 13.8. The van der Waals surface area contributed by atoms with Crippen LogP contribution in [-0.4, -0.2) is 73.2 Å². The van der Waals surface area contributed by atoms with Crippen LogP contribution in [0.4, 0.5) is 5.13 Å². The van der Waals surface area contributed by atoms with Gasteiger partial charge in [-0.2, -0.15) is 0 Å². The highest BCUT2D eigenvalue weighted by Crippen LogP contribution is 2.43. The normalized spacial score (nSPS) is 16.2. The van der Waals surface area contributed by atoms with Crippen molar-refractivity contribution in [3.05, 3.63) is 202 Å². The Kier molecular flexibility index (Phi) is 14.3. The molecule has 66 heavy (non-hydrogen) atoms. The number of esters is 2. The molecule has 3 heterocycles. The van der Waals surface area contributed by atoms with E-state index in [9.17, 15) is 19.2 Å². The largest absolute Gasteiger partial charge is 0.457 e. The number of anilines is 1. The predicted octanol–water partition coefficient (Wildman–Crippen LogP) is 9.03. The average Bonchev–Trinajstić information content (AvgIpc) is 3.81. The van der Waals surface area contributed by atoms with E-state index in [0.717, 1.165) is 33.4 Å². The van der Waals surface area contributed by atoms with Gasteiger partial charge in [0, 0.05) is 15.6 Å². The minimum atomic E-state index is -1.03. The first kappa shape index (κ1) is 46.2. The predicted molar refractivity (Wildman–Crippen MR) is 265 cm³/mol. The van der Waals surface area contributed by atoms with E-state index >= 15 is 0 Å². The molecule has 0 aliphatic carbocycles. The summed E-state index contributed by atoms with van der Waals surface area (Å²) in [6, 6.07) is 47.8. The van der Waals surface area contributed by atoms with E-state index in [1.165, 1.54) is 28.0 Å². The van der Waals surface area contributed by atoms with Crippen molar-refractivity contribution in [2.75, 3.05) is 22.1 Å². The van der Waals surface area contributed by atoms with E-state index in [1.54, 1.807) is 26.2 Å². The minimum absolute atomic E-state index is 0.136. The summed E-state index contributed by atoms with van der Waals surface area (Å²) in [5.41, 5.74) is 3.49. The van der Waals surface area contributed by atoms with Gasteiger partial charge in [0.1, 0.15) is 33.9 Å². The Morgan fingerprint density at radius 1 is 0.803 bits per heavy atom. The zero-order valence-electron chi connectivity index (χ0n) is 36.3. The number of ether oxygens (including phenoxy) is 2. The van der Waals surface area contributed by atoms with Crippen LogP contribution in [0.2, 0.25) is 0 Å². The number of hydrogen-bond donors (Lipinski definition) is 2. The van der Waals surface area contributed by atoms with Crippen molar-refractivity contribution in [1.82, 2.24) is 15.2 Å². The second-order valence-electron chi connectivity index (χ2n) is 16.4. The van der Waals surface area contributed by atoms with Crippen LogP contribution >= 0.6 is 45.7 Å². The highest BCUT2D eigenvalue weighted by Gasteiger charge is 2.55. The van der Waals surface area contributed by atoms with Crippen molar-refractivity contribution >= 4 is 80.3 Å². The Morgan fingerprint density at radius 3 is 1.82 bits per heavy atom. The number of carbonyl (C=O) groups excluding carboxylic acids is 4. The monoisotopic (exact) mass is 1030 g/mol. The topological polar surface area (TPSA) is 149 Å². The van der Waals surface area contributed by atoms with Gasteiger partial charge in [0.25, 0.3) is 11.8 Å². The molecule has 5 aromatic carbocycles. The van der Waals surface area contributed by atoms with E-state index < -0.39 is 59.0 Å². The smallest absolute Gasteiger partial charge is 0.356 e. The molecular formula is C51H46IN5O7S2. The number of amides is 2. The Labute approximate surface area is 405 Å². The molecule has 1 fully saturated rings. The number of aromatic nitrogens is 1. The maximum absolute atomic E-state index is 14.4. The number of benzene rings is 5. The van der Waals surface area contributed by atoms with Crippen LogP contribution in [0.5, 0.6) is 0 Å². The molecule has 2 N–H and O–H groups in total. The number of rotatable bonds is 16. The Bertz CT molecular complexity index is 2600. The molecule has 1 aromatic heterocycles. The first-order valence-corrected chi connectivity index (χ1v) is 24.6. The molecule has 2 amide bonds. The van der Waals surface area contributed by atoms with Gasteiger partial charge in [0.2, 0.25) is 6.61 Å². The number of thiazole rings is 1. The summed E-state index contributed by atoms with van der Waals surface area (Å²) in [4.78, 5) is 67.3. The molecule has 336 valence electrons. The maximum atomic E-state index is 14.4. The van der Waals surface area contributed by atoms with Crippen LogP contribution in [0.1, 0.15) is 60.4 Å². The molecule has 15 heteroatoms. The lowest BCUT2D eigenvalue weighted by Crippen LogP contribution is -2.71. The first-order valence-electron chi connectivity index (χ1n) is 21.1. The van der Waals surface area contributed by atoms with Gasteiger partial charge in [-0.15, -0.1) is 23.1 Å². The summed E-state index contributed by atoms with van der Waals surface area (Å²) in [5, 5.41) is 12.2. The number of oxime groups is 1. The Balaban J connectivity index is 1.08. The minimum Gasteiger partial charge on any atom is -0.457 e. The number of hydrogen-bond acceptors (Lipinski definition) is 12. The zero-order valence-corrected chi connectivity index (χ0v) is 40.0. The van der Waals surface area contributed by atoms with Crippen molar-refractivity contribution in [1.29, 1.82) is 0 Å². The van der Waals surface area contributed by atoms with Gasteiger partial charge < -0.3 is 24.9 Å². The van der Waals surface area contributed by atoms with Crippen molar-refractivity contribution in [2.45, 2.75) is 49.4 Å². The highest BCUT2D eigenvalue weighted by molar-refractivity contribution is 14.1. The van der Waals surface area contributed by atoms with Crippen LogP contribution in [0.15, 0.2) is 173 Å². The number of carbonyl (C=O) groups is 4. The highest BCUT2D eigenvalue weighted by atomic mass is 127. The second kappa shape index (κ2) is 20.5. The number of β-lactam (4-membered cyclic amide) rings is 1. The van der Waals surface area contributed by atoms with E-state index in [2.05, 4.69) is 38.4 Å². The summed E-state index contributed by atoms with van der Waals surface area (Å²) >= 11 is 4.87. The summed E-state index contributed by atoms with van der Waals surface area (Å²) in [6.45, 7) is 4.61. The van der Waals surface area contributed by atoms with Gasteiger partial charge in [-0.1, -0.05) is 179 Å². The Morgan fingerprint density at radius 2 is 1.32 bits per heavy atom. The molecule has 2 atom stereocenters. The molecule has 0 radical (unpaired) electrons. The van der Waals surface area contributed by atoms with Gasteiger partial charge in [0.15, 0.2) is 16.9 Å². The quantitative estimate of drug-likeness (QED) is 0.0183. The molecule has 8 rings (SSSR count). The van der Waals surface area contributed by atoms with E-state index in [0.29, 0.717) is 15.3 Å². The SMILES string of the molecule is CC(C)(C)OC(=O)CO/N=C(\C(=O)NC1C(=O)N2C(C(=O)OC(c3ccccc3)c3ccccc3)=C(CI)CS[C@@H]12)c1csc(NC(c2ccccc2)(c2ccccc2)c2ccccc2)n1. The molecule has 12 nitrogen and oxygen atoms in total. The number of fused-ring (bicyclic) bond motifs is 1. The van der Waals surface area contributed by atoms with Crippen LogP contribution in [-0.2, 0) is 39.0 Å². The fraction of sp³-hybridized carbons (Fsp3) is 0.216. The lowest BCUT2D eigenvalue weighted by Gasteiger charge is -2.49. The molecule has 1 unspecified atom stereocenters. The summed E-state index contributed by atoms with van der Waals surface area (Å²) in [7, 11) is 0. The third-order valence-electron chi connectivity index (χ3n) is 10.8. The van der Waals surface area contributed by atoms with Crippen molar-refractivity contribution < 1.29 is 33.5 Å². The fourth-order valence-electron chi connectivity index (χ4n) is 7.84. The van der Waals surface area contributed by atoms with Crippen LogP contribution < -0.4 is 10.6 Å². The third kappa shape index (κ3) is 10.1. The van der Waals surface area contributed by atoms with Crippen molar-refractivity contribution in [2.24, 2.45) is 5.16 Å². The molecule has 0 saturated carbocycles. The van der Waals surface area contributed by atoms with E-state index in [1.807, 2.05) is 152 Å². The van der Waals surface area contributed by atoms with E-state index in [4.69, 9.17) is 19.3 Å². The van der Waals surface area contributed by atoms with Crippen molar-refractivity contribution in [3.8, 4) is 0 Å². The number of alkyl halides is 1. The molecule has 0 spiro atoms. The number of thioether (sulfide) groups is 1. The lowest BCUT2D eigenvalue weighted by molar-refractivity contribution is -0.160. The lowest BCUT2D eigenvalue weighted by atomic mass is 9.77. The van der Waals surface area contributed by atoms with Gasteiger partial charge in [-0.05, 0) is 54.2 Å². The number of nitrogens with one attached hydrogen (secondary N) is 2. The standard InChI is InChI=1S/C51H46IN5O7S2/c1-50(2,3)64-40(58)30-62-56-41(39-32-66-49(53-39)55-51(36-23-13-6-14-24-36,37-25-15-7-16-26-37)38-27-17-8-18-28-38)45(59)54-42-46(60)57-43(35(29-52)31-65-47(42)57)48(61)63-44(33-19-9-4-10-20-33)34-21-11-5-12-22-34/h4-28,32,42,44,47H,29-31H2,1-3H3,(H,53,55)(H,54,59)/b56-41-/t42?,47-/m0/s1. The molecule has 2 aliphatic heterocycles. The number of nitrogens with zero attached hydrogens (tertiary/aromatic N) is 3. The number of halogens is 1. The molecule has 1 saturated heterocycles. The summed E-state index contributed by atoms with van der Waals surface area (Å²) in [6.07, 6.45) is -0.724. The van der Waals surface area contributed by atoms with Crippen LogP contribution in [0.25, 0.3) is 0 Å². The molecular weight excluding hydrogens is 986 g/mol. The van der Waals surface area contributed by atoms with Crippen molar-refractivity contribution in [3.63, 3.8) is 0 Å². The van der Waals surface area contributed by atoms with Gasteiger partial charge in [-0.25, -0.2) is 14.6 Å². The average molecular weight is 1030 g/mol. The molecule has 6 aromatic rings. The first-order chi connectivity index (χ1) is 32.0. The van der Waals surface area contributed by atoms with E-state index in [-0.39, 0.29) is 17.1 Å². The Hall–Kier alpha value is -6.30. The van der Waals surface area contributed by atoms with Gasteiger partial charge >= 0.3 is 11.9 Å².